The highest BCUT2D eigenvalue weighted by molar-refractivity contribution is 6.58. The van der Waals surface area contributed by atoms with Gasteiger partial charge < -0.3 is 17.7 Å². The maximum atomic E-state index is 11.4. The second-order valence-electron chi connectivity index (χ2n) is 2.24. The quantitative estimate of drug-likeness (QED) is 0.539. The van der Waals surface area contributed by atoms with Crippen LogP contribution in [0.1, 0.15) is 12.8 Å². The van der Waals surface area contributed by atoms with Crippen molar-refractivity contribution < 1.29 is 17.7 Å². The Morgan fingerprint density at radius 1 is 1.33 bits per heavy atom. The van der Waals surface area contributed by atoms with E-state index in [1.54, 1.807) is 0 Å². The lowest BCUT2D eigenvalue weighted by atomic mass is 9.95. The molecule has 1 saturated carbocycles. The molecule has 0 bridgehead atoms. The Kier molecular flexibility index (Phi) is 1.70. The van der Waals surface area contributed by atoms with E-state index in [0.29, 0.717) is 0 Å². The van der Waals surface area contributed by atoms with Gasteiger partial charge in [-0.2, -0.15) is 0 Å². The number of ether oxygens (including phenoxy) is 1. The van der Waals surface area contributed by atoms with Crippen LogP contribution in [0.5, 0.6) is 0 Å². The molecule has 0 radical (unpaired) electrons. The Morgan fingerprint density at radius 3 is 2.22 bits per heavy atom. The maximum Gasteiger partial charge on any atom is 0.503 e. The summed E-state index contributed by atoms with van der Waals surface area (Å²) in [5, 5.41) is 0. The van der Waals surface area contributed by atoms with E-state index < -0.39 is 13.5 Å². The third-order valence-electron chi connectivity index (χ3n) is 1.05. The van der Waals surface area contributed by atoms with E-state index in [9.17, 15) is 12.9 Å². The summed E-state index contributed by atoms with van der Waals surface area (Å²) >= 11 is 0. The molecule has 0 atom stereocenters. The highest BCUT2D eigenvalue weighted by Crippen LogP contribution is 2.25. The monoisotopic (exact) mass is 139 g/mol. The van der Waals surface area contributed by atoms with Crippen molar-refractivity contribution in [3.63, 3.8) is 0 Å². The predicted octanol–water partition coefficient (Wildman–Crippen LogP) is 1.55. The summed E-state index contributed by atoms with van der Waals surface area (Å²) in [6.45, 7) is -5.74. The first-order valence-electron chi connectivity index (χ1n) is 2.90. The zero-order valence-electron chi connectivity index (χ0n) is 4.82. The van der Waals surface area contributed by atoms with Gasteiger partial charge in [-0.3, -0.25) is 0 Å². The van der Waals surface area contributed by atoms with Gasteiger partial charge in [0.15, 0.2) is 0 Å². The zero-order valence-corrected chi connectivity index (χ0v) is 4.82. The molecule has 1 aliphatic carbocycles. The zero-order chi connectivity index (χ0) is 6.91. The lowest BCUT2D eigenvalue weighted by molar-refractivity contribution is 0.136. The van der Waals surface area contributed by atoms with Crippen molar-refractivity contribution in [3.8, 4) is 0 Å². The topological polar surface area (TPSA) is 9.23 Å². The van der Waals surface area contributed by atoms with E-state index in [1.807, 2.05) is 0 Å². The van der Waals surface area contributed by atoms with Crippen LogP contribution >= 0.6 is 0 Å². The van der Waals surface area contributed by atoms with Gasteiger partial charge >= 0.3 is 6.98 Å². The Hall–Kier alpha value is -0.185. The second-order valence-corrected chi connectivity index (χ2v) is 2.24. The molecule has 1 rings (SSSR count). The first-order valence-corrected chi connectivity index (χ1v) is 2.90. The van der Waals surface area contributed by atoms with Gasteiger partial charge in [-0.1, -0.05) is 0 Å². The fourth-order valence-electron chi connectivity index (χ4n) is 0.480. The molecule has 5 heteroatoms. The summed E-state index contributed by atoms with van der Waals surface area (Å²) < 4.78 is 38.6. The van der Waals surface area contributed by atoms with Crippen LogP contribution in [-0.4, -0.2) is 19.6 Å². The molecular formula is C4H7BF3O-. The Morgan fingerprint density at radius 2 is 1.89 bits per heavy atom. The van der Waals surface area contributed by atoms with E-state index in [0.717, 1.165) is 12.8 Å². The van der Waals surface area contributed by atoms with Crippen LogP contribution in [0.25, 0.3) is 0 Å². The van der Waals surface area contributed by atoms with E-state index >= 15 is 0 Å². The predicted molar refractivity (Wildman–Crippen MR) is 28.1 cm³/mol. The fourth-order valence-corrected chi connectivity index (χ4v) is 0.480. The van der Waals surface area contributed by atoms with Crippen LogP contribution in [0.15, 0.2) is 0 Å². The van der Waals surface area contributed by atoms with E-state index in [-0.39, 0.29) is 6.10 Å². The second kappa shape index (κ2) is 2.21. The van der Waals surface area contributed by atoms with Gasteiger partial charge in [-0.25, -0.2) is 0 Å². The molecule has 0 amide bonds. The molecule has 9 heavy (non-hydrogen) atoms. The first kappa shape index (κ1) is 6.93. The van der Waals surface area contributed by atoms with Gasteiger partial charge in [-0.05, 0) is 12.8 Å². The molecule has 0 aromatic carbocycles. The Labute approximate surface area is 51.2 Å². The van der Waals surface area contributed by atoms with E-state index in [4.69, 9.17) is 0 Å². The van der Waals surface area contributed by atoms with Crippen molar-refractivity contribution in [1.82, 2.24) is 0 Å². The molecule has 54 valence electrons. The van der Waals surface area contributed by atoms with Crippen molar-refractivity contribution in [2.75, 3.05) is 6.51 Å². The normalized spacial score (nSPS) is 20.3. The number of halogens is 3. The Balaban J connectivity index is 2.03. The van der Waals surface area contributed by atoms with Gasteiger partial charge in [0.2, 0.25) is 0 Å². The summed E-state index contributed by atoms with van der Waals surface area (Å²) in [5.74, 6) is 0. The van der Waals surface area contributed by atoms with Crippen LogP contribution < -0.4 is 0 Å². The van der Waals surface area contributed by atoms with Gasteiger partial charge in [0.25, 0.3) is 0 Å². The third kappa shape index (κ3) is 3.40. The van der Waals surface area contributed by atoms with Crippen molar-refractivity contribution in [2.45, 2.75) is 18.9 Å². The summed E-state index contributed by atoms with van der Waals surface area (Å²) in [6, 6.07) is 0. The van der Waals surface area contributed by atoms with Gasteiger partial charge in [0.05, 0.1) is 6.10 Å². The van der Waals surface area contributed by atoms with Crippen LogP contribution in [0, 0.1) is 0 Å². The number of rotatable bonds is 3. The molecule has 0 spiro atoms. The van der Waals surface area contributed by atoms with Crippen LogP contribution in [-0.2, 0) is 4.74 Å². The molecule has 1 fully saturated rings. The summed E-state index contributed by atoms with van der Waals surface area (Å²) in [4.78, 5) is 0. The standard InChI is InChI=1S/C4H7BF3O/c6-5(7,8)3-9-4-1-2-4/h4H,1-3H2/q-1. The summed E-state index contributed by atoms with van der Waals surface area (Å²) in [5.41, 5.74) is 0. The van der Waals surface area contributed by atoms with E-state index in [2.05, 4.69) is 4.74 Å². The Bertz CT molecular complexity index is 98.5. The highest BCUT2D eigenvalue weighted by atomic mass is 19.4. The van der Waals surface area contributed by atoms with Crippen molar-refractivity contribution >= 4 is 6.98 Å². The molecule has 0 N–H and O–H groups in total. The molecule has 0 unspecified atom stereocenters. The first-order chi connectivity index (χ1) is 4.08. The van der Waals surface area contributed by atoms with Crippen molar-refractivity contribution in [3.05, 3.63) is 0 Å². The molecule has 1 nitrogen and oxygen atoms in total. The van der Waals surface area contributed by atoms with E-state index in [1.165, 1.54) is 0 Å². The molecule has 1 aliphatic rings. The average Bonchev–Trinajstić information content (AvgIpc) is 2.38. The SMILES string of the molecule is F[B-](F)(F)COC1CC1. The molecule has 0 heterocycles. The molecule has 0 aromatic heterocycles. The minimum Gasteiger partial charge on any atom is -0.447 e. The van der Waals surface area contributed by atoms with Crippen LogP contribution in [0.4, 0.5) is 12.9 Å². The minimum atomic E-state index is -4.71. The maximum absolute atomic E-state index is 11.4. The fraction of sp³-hybridized carbons (Fsp3) is 1.00. The number of hydrogen-bond acceptors (Lipinski definition) is 1. The highest BCUT2D eigenvalue weighted by Gasteiger charge is 2.29. The number of hydrogen-bond donors (Lipinski definition) is 0. The minimum absolute atomic E-state index is 0.0894. The van der Waals surface area contributed by atoms with Gasteiger partial charge in [0.1, 0.15) is 0 Å². The van der Waals surface area contributed by atoms with Crippen molar-refractivity contribution in [2.24, 2.45) is 0 Å². The third-order valence-corrected chi connectivity index (χ3v) is 1.05. The molecule has 0 aliphatic heterocycles. The van der Waals surface area contributed by atoms with Gasteiger partial charge in [-0.15, -0.1) is 0 Å². The molecular weight excluding hydrogens is 132 g/mol. The largest absolute Gasteiger partial charge is 0.503 e. The average molecular weight is 139 g/mol. The summed E-state index contributed by atoms with van der Waals surface area (Å²) in [7, 11) is 0. The molecule has 0 aromatic rings. The molecule has 0 saturated heterocycles. The lowest BCUT2D eigenvalue weighted by Crippen LogP contribution is -2.24. The lowest BCUT2D eigenvalue weighted by Gasteiger charge is -2.12. The van der Waals surface area contributed by atoms with Gasteiger partial charge in [0, 0.05) is 6.51 Å². The van der Waals surface area contributed by atoms with Crippen LogP contribution in [0.3, 0.4) is 0 Å². The van der Waals surface area contributed by atoms with Crippen LogP contribution in [0.2, 0.25) is 0 Å². The van der Waals surface area contributed by atoms with Crippen molar-refractivity contribution in [1.29, 1.82) is 0 Å². The summed E-state index contributed by atoms with van der Waals surface area (Å²) in [6.07, 6.45) is 1.51. The smallest absolute Gasteiger partial charge is 0.447 e.